The quantitative estimate of drug-likeness (QED) is 0.921. The van der Waals surface area contributed by atoms with Crippen molar-refractivity contribution in [1.82, 2.24) is 5.32 Å². The zero-order valence-corrected chi connectivity index (χ0v) is 14.5. The highest BCUT2D eigenvalue weighted by Crippen LogP contribution is 2.25. The molecule has 1 N–H and O–H groups in total. The molecule has 2 fully saturated rings. The maximum atomic E-state index is 12.2. The fourth-order valence-electron chi connectivity index (χ4n) is 3.67. The second-order valence-corrected chi connectivity index (χ2v) is 7.04. The minimum Gasteiger partial charge on any atom is -0.442 e. The van der Waals surface area contributed by atoms with E-state index in [2.05, 4.69) is 11.4 Å². The summed E-state index contributed by atoms with van der Waals surface area (Å²) < 4.78 is 5.42. The monoisotopic (exact) mass is 330 g/mol. The largest absolute Gasteiger partial charge is 0.442 e. The van der Waals surface area contributed by atoms with E-state index in [0.717, 1.165) is 42.5 Å². The standard InChI is InChI=1S/C19H26N2O3/c1-13-8-14(2)10-16(9-13)21-12-17(24-19(21)23)11-20-18(22)15-6-4-3-5-7-15/h8-10,15,17H,3-7,11-12H2,1-2H3,(H,20,22). The van der Waals surface area contributed by atoms with Gasteiger partial charge in [0, 0.05) is 11.6 Å². The lowest BCUT2D eigenvalue weighted by atomic mass is 9.88. The molecule has 3 rings (SSSR count). The molecule has 2 amide bonds. The zero-order chi connectivity index (χ0) is 17.1. The third-order valence-electron chi connectivity index (χ3n) is 4.87. The number of nitrogens with one attached hydrogen (secondary N) is 1. The number of cyclic esters (lactones) is 1. The molecular formula is C19H26N2O3. The molecule has 1 saturated carbocycles. The van der Waals surface area contributed by atoms with Crippen LogP contribution in [0.1, 0.15) is 43.2 Å². The number of aryl methyl sites for hydroxylation is 2. The zero-order valence-electron chi connectivity index (χ0n) is 14.5. The summed E-state index contributed by atoms with van der Waals surface area (Å²) in [5.41, 5.74) is 3.09. The Balaban J connectivity index is 1.55. The Bertz CT molecular complexity index is 603. The number of rotatable bonds is 4. The lowest BCUT2D eigenvalue weighted by Crippen LogP contribution is -2.38. The Hall–Kier alpha value is -2.04. The molecule has 0 spiro atoms. The van der Waals surface area contributed by atoms with Gasteiger partial charge >= 0.3 is 6.09 Å². The van der Waals surface area contributed by atoms with Crippen molar-refractivity contribution in [3.63, 3.8) is 0 Å². The molecular weight excluding hydrogens is 304 g/mol. The molecule has 1 aromatic carbocycles. The van der Waals surface area contributed by atoms with Crippen LogP contribution in [0.4, 0.5) is 10.5 Å². The molecule has 2 aliphatic rings. The van der Waals surface area contributed by atoms with Crippen LogP contribution in [0.25, 0.3) is 0 Å². The van der Waals surface area contributed by atoms with E-state index in [1.807, 2.05) is 26.0 Å². The lowest BCUT2D eigenvalue weighted by Gasteiger charge is -2.21. The van der Waals surface area contributed by atoms with Crippen molar-refractivity contribution in [2.24, 2.45) is 5.92 Å². The van der Waals surface area contributed by atoms with Gasteiger partial charge in [0.15, 0.2) is 0 Å². The van der Waals surface area contributed by atoms with E-state index in [9.17, 15) is 9.59 Å². The highest BCUT2D eigenvalue weighted by molar-refractivity contribution is 5.90. The van der Waals surface area contributed by atoms with Crippen molar-refractivity contribution in [2.75, 3.05) is 18.0 Å². The summed E-state index contributed by atoms with van der Waals surface area (Å²) in [6.07, 6.45) is 4.83. The van der Waals surface area contributed by atoms with Gasteiger partial charge in [-0.1, -0.05) is 25.3 Å². The molecule has 1 unspecified atom stereocenters. The Morgan fingerprint density at radius 3 is 2.50 bits per heavy atom. The molecule has 5 heteroatoms. The summed E-state index contributed by atoms with van der Waals surface area (Å²) in [5, 5.41) is 2.97. The summed E-state index contributed by atoms with van der Waals surface area (Å²) in [4.78, 5) is 26.0. The van der Waals surface area contributed by atoms with Crippen LogP contribution >= 0.6 is 0 Å². The highest BCUT2D eigenvalue weighted by Gasteiger charge is 2.33. The van der Waals surface area contributed by atoms with Crippen molar-refractivity contribution in [1.29, 1.82) is 0 Å². The lowest BCUT2D eigenvalue weighted by molar-refractivity contribution is -0.126. The summed E-state index contributed by atoms with van der Waals surface area (Å²) in [6, 6.07) is 6.04. The van der Waals surface area contributed by atoms with Crippen LogP contribution in [0.3, 0.4) is 0 Å². The van der Waals surface area contributed by atoms with Crippen molar-refractivity contribution in [3.05, 3.63) is 29.3 Å². The normalized spacial score (nSPS) is 21.7. The van der Waals surface area contributed by atoms with E-state index < -0.39 is 0 Å². The predicted molar refractivity (Wildman–Crippen MR) is 93.1 cm³/mol. The molecule has 0 aromatic heterocycles. The number of hydrogen-bond donors (Lipinski definition) is 1. The van der Waals surface area contributed by atoms with E-state index in [4.69, 9.17) is 4.74 Å². The Labute approximate surface area is 143 Å². The third-order valence-corrected chi connectivity index (χ3v) is 4.87. The SMILES string of the molecule is Cc1cc(C)cc(N2CC(CNC(=O)C3CCCCC3)OC2=O)c1. The fraction of sp³-hybridized carbons (Fsp3) is 0.579. The highest BCUT2D eigenvalue weighted by atomic mass is 16.6. The van der Waals surface area contributed by atoms with Gasteiger partial charge in [0.2, 0.25) is 5.91 Å². The summed E-state index contributed by atoms with van der Waals surface area (Å²) in [6.45, 7) is 4.90. The predicted octanol–water partition coefficient (Wildman–Crippen LogP) is 3.33. The molecule has 1 aliphatic heterocycles. The van der Waals surface area contributed by atoms with Gasteiger partial charge in [-0.05, 0) is 49.9 Å². The van der Waals surface area contributed by atoms with Crippen LogP contribution in [-0.4, -0.2) is 31.2 Å². The fourth-order valence-corrected chi connectivity index (χ4v) is 3.67. The number of carbonyl (C=O) groups excluding carboxylic acids is 2. The first-order chi connectivity index (χ1) is 11.5. The first kappa shape index (κ1) is 16.8. The van der Waals surface area contributed by atoms with Gasteiger partial charge < -0.3 is 10.1 Å². The van der Waals surface area contributed by atoms with Gasteiger partial charge in [-0.3, -0.25) is 9.69 Å². The number of ether oxygens (including phenoxy) is 1. The first-order valence-corrected chi connectivity index (χ1v) is 8.87. The molecule has 1 aromatic rings. The summed E-state index contributed by atoms with van der Waals surface area (Å²) in [5.74, 6) is 0.238. The van der Waals surface area contributed by atoms with Crippen molar-refractivity contribution >= 4 is 17.7 Å². The number of benzene rings is 1. The van der Waals surface area contributed by atoms with E-state index >= 15 is 0 Å². The summed E-state index contributed by atoms with van der Waals surface area (Å²) in [7, 11) is 0. The number of nitrogens with zero attached hydrogens (tertiary/aromatic N) is 1. The maximum absolute atomic E-state index is 12.2. The summed E-state index contributed by atoms with van der Waals surface area (Å²) >= 11 is 0. The van der Waals surface area contributed by atoms with Crippen molar-refractivity contribution < 1.29 is 14.3 Å². The second kappa shape index (κ2) is 7.24. The molecule has 5 nitrogen and oxygen atoms in total. The minimum atomic E-state index is -0.336. The maximum Gasteiger partial charge on any atom is 0.414 e. The molecule has 1 atom stereocenters. The number of hydrogen-bond acceptors (Lipinski definition) is 3. The average molecular weight is 330 g/mol. The topological polar surface area (TPSA) is 58.6 Å². The molecule has 0 bridgehead atoms. The van der Waals surface area contributed by atoms with E-state index in [1.165, 1.54) is 6.42 Å². The van der Waals surface area contributed by atoms with Gasteiger partial charge in [0.05, 0.1) is 13.1 Å². The van der Waals surface area contributed by atoms with Gasteiger partial charge in [0.25, 0.3) is 0 Å². The average Bonchev–Trinajstić information content (AvgIpc) is 2.93. The van der Waals surface area contributed by atoms with Crippen LogP contribution in [0.15, 0.2) is 18.2 Å². The van der Waals surface area contributed by atoms with Crippen LogP contribution in [0.5, 0.6) is 0 Å². The number of carbonyl (C=O) groups is 2. The van der Waals surface area contributed by atoms with Crippen LogP contribution in [0, 0.1) is 19.8 Å². The van der Waals surface area contributed by atoms with Crippen LogP contribution < -0.4 is 10.2 Å². The van der Waals surface area contributed by atoms with Gasteiger partial charge in [-0.25, -0.2) is 4.79 Å². The molecule has 1 heterocycles. The number of amides is 2. The molecule has 0 radical (unpaired) electrons. The smallest absolute Gasteiger partial charge is 0.414 e. The van der Waals surface area contributed by atoms with Crippen molar-refractivity contribution in [2.45, 2.75) is 52.1 Å². The van der Waals surface area contributed by atoms with Crippen LogP contribution in [0.2, 0.25) is 0 Å². The van der Waals surface area contributed by atoms with Gasteiger partial charge in [-0.2, -0.15) is 0 Å². The Morgan fingerprint density at radius 1 is 1.17 bits per heavy atom. The molecule has 24 heavy (non-hydrogen) atoms. The second-order valence-electron chi connectivity index (χ2n) is 7.04. The number of anilines is 1. The van der Waals surface area contributed by atoms with E-state index in [0.29, 0.717) is 13.1 Å². The van der Waals surface area contributed by atoms with E-state index in [1.54, 1.807) is 4.90 Å². The Kier molecular flexibility index (Phi) is 5.07. The molecule has 1 saturated heterocycles. The minimum absolute atomic E-state index is 0.107. The van der Waals surface area contributed by atoms with E-state index in [-0.39, 0.29) is 24.0 Å². The first-order valence-electron chi connectivity index (χ1n) is 8.87. The Morgan fingerprint density at radius 2 is 1.83 bits per heavy atom. The van der Waals surface area contributed by atoms with Gasteiger partial charge in [0.1, 0.15) is 6.10 Å². The van der Waals surface area contributed by atoms with Gasteiger partial charge in [-0.15, -0.1) is 0 Å². The third kappa shape index (κ3) is 3.89. The molecule has 1 aliphatic carbocycles. The van der Waals surface area contributed by atoms with Crippen LogP contribution in [-0.2, 0) is 9.53 Å². The van der Waals surface area contributed by atoms with Crippen molar-refractivity contribution in [3.8, 4) is 0 Å². The molecule has 130 valence electrons.